The van der Waals surface area contributed by atoms with E-state index in [1.807, 2.05) is 7.05 Å². The molecule has 1 saturated heterocycles. The summed E-state index contributed by atoms with van der Waals surface area (Å²) < 4.78 is 47.3. The van der Waals surface area contributed by atoms with Gasteiger partial charge in [0.25, 0.3) is 0 Å². The number of piperidine rings is 1. The number of imidazole rings is 1. The van der Waals surface area contributed by atoms with E-state index in [4.69, 9.17) is 4.74 Å². The number of aromatic nitrogens is 5. The van der Waals surface area contributed by atoms with Crippen LogP contribution in [-0.4, -0.2) is 44.2 Å². The molecule has 1 unspecified atom stereocenters. The van der Waals surface area contributed by atoms with Crippen LogP contribution in [0.15, 0.2) is 42.7 Å². The van der Waals surface area contributed by atoms with E-state index < -0.39 is 17.5 Å². The van der Waals surface area contributed by atoms with Crippen molar-refractivity contribution in [2.45, 2.75) is 0 Å². The molecule has 0 bridgehead atoms. The van der Waals surface area contributed by atoms with Gasteiger partial charge in [0.15, 0.2) is 17.1 Å². The largest absolute Gasteiger partial charge is 0.493 e. The number of nitrogens with zero attached hydrogens (tertiary/aromatic N) is 6. The van der Waals surface area contributed by atoms with Crippen LogP contribution in [0.25, 0.3) is 22.8 Å². The molecule has 3 atom stereocenters. The van der Waals surface area contributed by atoms with Crippen LogP contribution in [0.2, 0.25) is 0 Å². The predicted molar refractivity (Wildman–Crippen MR) is 114 cm³/mol. The average molecular weight is 452 g/mol. The van der Waals surface area contributed by atoms with Gasteiger partial charge in [-0.2, -0.15) is 0 Å². The number of hydrogen-bond donors (Lipinski definition) is 0. The Bertz CT molecular complexity index is 1330. The fourth-order valence-electron chi connectivity index (χ4n) is 4.73. The molecule has 4 aromatic rings. The molecule has 168 valence electrons. The Hall–Kier alpha value is -3.69. The van der Waals surface area contributed by atoms with E-state index in [0.29, 0.717) is 47.2 Å². The second-order valence-corrected chi connectivity index (χ2v) is 8.54. The van der Waals surface area contributed by atoms with Gasteiger partial charge in [-0.05, 0) is 24.0 Å². The molecule has 10 heteroatoms. The van der Waals surface area contributed by atoms with Gasteiger partial charge in [0.05, 0.1) is 19.0 Å². The first-order chi connectivity index (χ1) is 16.0. The summed E-state index contributed by atoms with van der Waals surface area (Å²) in [5.74, 6) is 1.09. The van der Waals surface area contributed by atoms with Gasteiger partial charge in [0.1, 0.15) is 34.7 Å². The van der Waals surface area contributed by atoms with Crippen molar-refractivity contribution in [1.29, 1.82) is 0 Å². The monoisotopic (exact) mass is 452 g/mol. The maximum Gasteiger partial charge on any atom is 0.200 e. The molecule has 1 aliphatic heterocycles. The lowest BCUT2D eigenvalue weighted by molar-refractivity contribution is 0.280. The molecule has 2 aliphatic rings. The van der Waals surface area contributed by atoms with E-state index in [-0.39, 0.29) is 5.75 Å². The number of pyridine rings is 1. The molecule has 1 aliphatic carbocycles. The highest BCUT2D eigenvalue weighted by atomic mass is 19.1. The lowest BCUT2D eigenvalue weighted by Gasteiger charge is -2.20. The summed E-state index contributed by atoms with van der Waals surface area (Å²) >= 11 is 0. The Kier molecular flexibility index (Phi) is 4.49. The van der Waals surface area contributed by atoms with Crippen molar-refractivity contribution in [2.75, 3.05) is 24.6 Å². The van der Waals surface area contributed by atoms with E-state index >= 15 is 0 Å². The smallest absolute Gasteiger partial charge is 0.200 e. The standard InChI is InChI=1S/C23H19F3N6O/c1-31-22(19-3-2-12(24)7-27-19)30-21-23(31)28-8-20(29-21)32-9-16-17(10-32)18(16)11-33-15-5-13(25)4-14(26)6-15/h2-8,16-18H,9-11H2,1H3/t16-,17+,18?. The SMILES string of the molecule is Cn1c(-c2ccc(F)cn2)nc2nc(N3C[C@@H]4C(COc5cc(F)cc(F)c5)[C@@H]4C3)cnc21. The van der Waals surface area contributed by atoms with E-state index in [1.165, 1.54) is 18.2 Å². The lowest BCUT2D eigenvalue weighted by atomic mass is 10.2. The van der Waals surface area contributed by atoms with Crippen molar-refractivity contribution in [3.05, 3.63) is 60.2 Å². The highest BCUT2D eigenvalue weighted by molar-refractivity contribution is 5.74. The summed E-state index contributed by atoms with van der Waals surface area (Å²) in [5, 5.41) is 0. The van der Waals surface area contributed by atoms with Crippen LogP contribution >= 0.6 is 0 Å². The Morgan fingerprint density at radius 3 is 2.39 bits per heavy atom. The molecule has 1 aromatic carbocycles. The second kappa shape index (κ2) is 7.43. The number of anilines is 1. The van der Waals surface area contributed by atoms with Gasteiger partial charge in [0.2, 0.25) is 0 Å². The maximum absolute atomic E-state index is 13.3. The molecule has 2 fully saturated rings. The molecule has 0 spiro atoms. The Morgan fingerprint density at radius 2 is 1.70 bits per heavy atom. The summed E-state index contributed by atoms with van der Waals surface area (Å²) in [6, 6.07) is 6.14. The highest BCUT2D eigenvalue weighted by Crippen LogP contribution is 2.52. The fraction of sp³-hybridized carbons (Fsp3) is 0.304. The first kappa shape index (κ1) is 20.0. The van der Waals surface area contributed by atoms with Gasteiger partial charge in [-0.1, -0.05) is 0 Å². The van der Waals surface area contributed by atoms with Crippen molar-refractivity contribution < 1.29 is 17.9 Å². The predicted octanol–water partition coefficient (Wildman–Crippen LogP) is 3.60. The third kappa shape index (κ3) is 3.55. The first-order valence-corrected chi connectivity index (χ1v) is 10.6. The van der Waals surface area contributed by atoms with Crippen LogP contribution in [0.5, 0.6) is 5.75 Å². The number of aryl methyl sites for hydroxylation is 1. The molecule has 33 heavy (non-hydrogen) atoms. The van der Waals surface area contributed by atoms with Crippen molar-refractivity contribution in [1.82, 2.24) is 24.5 Å². The van der Waals surface area contributed by atoms with Gasteiger partial charge in [-0.25, -0.2) is 33.1 Å². The molecule has 1 saturated carbocycles. The van der Waals surface area contributed by atoms with E-state index in [0.717, 1.165) is 31.2 Å². The van der Waals surface area contributed by atoms with Gasteiger partial charge >= 0.3 is 0 Å². The second-order valence-electron chi connectivity index (χ2n) is 8.54. The van der Waals surface area contributed by atoms with Crippen LogP contribution in [0.3, 0.4) is 0 Å². The van der Waals surface area contributed by atoms with Crippen molar-refractivity contribution in [3.8, 4) is 17.3 Å². The summed E-state index contributed by atoms with van der Waals surface area (Å²) in [4.78, 5) is 20.1. The van der Waals surface area contributed by atoms with Crippen molar-refractivity contribution >= 4 is 17.1 Å². The number of hydrogen-bond acceptors (Lipinski definition) is 6. The van der Waals surface area contributed by atoms with Gasteiger partial charge < -0.3 is 14.2 Å². The highest BCUT2D eigenvalue weighted by Gasteiger charge is 2.56. The third-order valence-electron chi connectivity index (χ3n) is 6.50. The number of rotatable bonds is 5. The molecule has 4 heterocycles. The zero-order valence-corrected chi connectivity index (χ0v) is 17.6. The summed E-state index contributed by atoms with van der Waals surface area (Å²) in [5.41, 5.74) is 1.67. The van der Waals surface area contributed by atoms with E-state index in [9.17, 15) is 13.2 Å². The number of benzene rings is 1. The summed E-state index contributed by atoms with van der Waals surface area (Å²) in [7, 11) is 1.82. The van der Waals surface area contributed by atoms with E-state index in [1.54, 1.807) is 16.8 Å². The normalized spacial score (nSPS) is 21.5. The number of fused-ring (bicyclic) bond motifs is 2. The van der Waals surface area contributed by atoms with Crippen LogP contribution in [0.1, 0.15) is 0 Å². The topological polar surface area (TPSA) is 69.0 Å². The number of halogens is 3. The molecule has 0 amide bonds. The average Bonchev–Trinajstić information content (AvgIpc) is 3.10. The quantitative estimate of drug-likeness (QED) is 0.461. The fourth-order valence-corrected chi connectivity index (χ4v) is 4.73. The van der Waals surface area contributed by atoms with Gasteiger partial charge in [-0.3, -0.25) is 0 Å². The summed E-state index contributed by atoms with van der Waals surface area (Å²) in [6.45, 7) is 2.07. The third-order valence-corrected chi connectivity index (χ3v) is 6.50. The Balaban J connectivity index is 1.14. The zero-order valence-electron chi connectivity index (χ0n) is 17.6. The van der Waals surface area contributed by atoms with Crippen molar-refractivity contribution in [2.24, 2.45) is 24.8 Å². The minimum Gasteiger partial charge on any atom is -0.493 e. The minimum atomic E-state index is -0.644. The van der Waals surface area contributed by atoms with Crippen LogP contribution in [0, 0.1) is 35.2 Å². The van der Waals surface area contributed by atoms with Gasteiger partial charge in [0, 0.05) is 44.3 Å². The minimum absolute atomic E-state index is 0.215. The van der Waals surface area contributed by atoms with Gasteiger partial charge in [-0.15, -0.1) is 0 Å². The first-order valence-electron chi connectivity index (χ1n) is 10.6. The molecular formula is C23H19F3N6O. The number of ether oxygens (including phenoxy) is 1. The van der Waals surface area contributed by atoms with Crippen LogP contribution in [-0.2, 0) is 7.05 Å². The van der Waals surface area contributed by atoms with Crippen LogP contribution < -0.4 is 9.64 Å². The zero-order chi connectivity index (χ0) is 22.7. The van der Waals surface area contributed by atoms with Crippen LogP contribution in [0.4, 0.5) is 19.0 Å². The molecule has 0 N–H and O–H groups in total. The maximum atomic E-state index is 13.3. The molecule has 7 nitrogen and oxygen atoms in total. The molecule has 0 radical (unpaired) electrons. The Labute approximate surface area is 186 Å². The lowest BCUT2D eigenvalue weighted by Crippen LogP contribution is -2.26. The molecule has 6 rings (SSSR count). The molecule has 3 aromatic heterocycles. The summed E-state index contributed by atoms with van der Waals surface area (Å²) in [6.07, 6.45) is 2.89. The Morgan fingerprint density at radius 1 is 0.939 bits per heavy atom. The van der Waals surface area contributed by atoms with E-state index in [2.05, 4.69) is 24.8 Å². The van der Waals surface area contributed by atoms with Crippen molar-refractivity contribution in [3.63, 3.8) is 0 Å². The molecular weight excluding hydrogens is 433 g/mol.